The molecule has 10 heteroatoms. The number of imidazole rings is 1. The van der Waals surface area contributed by atoms with Crippen LogP contribution in [-0.4, -0.2) is 29.3 Å². The lowest BCUT2D eigenvalue weighted by Gasteiger charge is -2.17. The molecule has 3 N–H and O–H groups in total. The van der Waals surface area contributed by atoms with Gasteiger partial charge >= 0.3 is 0 Å². The predicted molar refractivity (Wildman–Crippen MR) is 137 cm³/mol. The Labute approximate surface area is 205 Å². The molecule has 2 aromatic heterocycles. The third-order valence-electron chi connectivity index (χ3n) is 6.12. The Hall–Kier alpha value is -3.76. The highest BCUT2D eigenvalue weighted by atomic mass is 32.2. The van der Waals surface area contributed by atoms with Crippen molar-refractivity contribution in [2.75, 3.05) is 5.32 Å². The first kappa shape index (κ1) is 21.8. The third-order valence-corrected chi connectivity index (χ3v) is 8.79. The van der Waals surface area contributed by atoms with Crippen LogP contribution in [0.5, 0.6) is 0 Å². The fourth-order valence-corrected chi connectivity index (χ4v) is 6.73. The van der Waals surface area contributed by atoms with E-state index in [0.29, 0.717) is 12.0 Å². The van der Waals surface area contributed by atoms with Gasteiger partial charge in [-0.05, 0) is 41.8 Å². The second kappa shape index (κ2) is 8.47. The van der Waals surface area contributed by atoms with Crippen LogP contribution in [0.2, 0.25) is 0 Å². The molecule has 1 aliphatic rings. The monoisotopic (exact) mass is 503 g/mol. The maximum Gasteiger partial charge on any atom is 0.242 e. The zero-order valence-corrected chi connectivity index (χ0v) is 20.1. The summed E-state index contributed by atoms with van der Waals surface area (Å²) in [5.41, 5.74) is 4.39. The number of hydrogen-bond acceptors (Lipinski definition) is 7. The number of aromatic amines is 1. The van der Waals surface area contributed by atoms with E-state index < -0.39 is 21.2 Å². The second-order valence-corrected chi connectivity index (χ2v) is 11.4. The Bertz CT molecular complexity index is 1590. The van der Waals surface area contributed by atoms with Gasteiger partial charge in [0.15, 0.2) is 5.13 Å². The molecule has 5 aromatic rings. The van der Waals surface area contributed by atoms with Crippen LogP contribution in [-0.2, 0) is 21.2 Å². The van der Waals surface area contributed by atoms with E-state index in [4.69, 9.17) is 9.97 Å². The van der Waals surface area contributed by atoms with Gasteiger partial charge in [-0.2, -0.15) is 0 Å². The van der Waals surface area contributed by atoms with Gasteiger partial charge in [0.25, 0.3) is 0 Å². The first-order chi connectivity index (χ1) is 16.9. The van der Waals surface area contributed by atoms with Gasteiger partial charge in [-0.15, -0.1) is 0 Å². The number of fused-ring (bicyclic) bond motifs is 2. The summed E-state index contributed by atoms with van der Waals surface area (Å²) in [5.74, 6) is 0.326. The van der Waals surface area contributed by atoms with Gasteiger partial charge < -0.3 is 10.3 Å². The maximum absolute atomic E-state index is 12.2. The summed E-state index contributed by atoms with van der Waals surface area (Å²) in [6, 6.07) is 23.1. The number of aromatic nitrogens is 3. The van der Waals surface area contributed by atoms with Crippen molar-refractivity contribution >= 4 is 53.6 Å². The van der Waals surface area contributed by atoms with Crippen molar-refractivity contribution in [2.45, 2.75) is 24.1 Å². The zero-order chi connectivity index (χ0) is 24.0. The van der Waals surface area contributed by atoms with Crippen LogP contribution in [0.25, 0.3) is 21.3 Å². The number of rotatable bonds is 6. The van der Waals surface area contributed by atoms with Crippen LogP contribution in [0, 0.1) is 0 Å². The smallest absolute Gasteiger partial charge is 0.242 e. The van der Waals surface area contributed by atoms with Gasteiger partial charge in [0, 0.05) is 0 Å². The molecule has 0 aliphatic carbocycles. The molecule has 0 spiro atoms. The van der Waals surface area contributed by atoms with E-state index in [-0.39, 0.29) is 12.5 Å². The molecule has 1 fully saturated rings. The Balaban J connectivity index is 1.31. The van der Waals surface area contributed by atoms with E-state index in [1.54, 1.807) is 23.5 Å². The average Bonchev–Trinajstić information content (AvgIpc) is 3.52. The Morgan fingerprint density at radius 3 is 2.43 bits per heavy atom. The minimum atomic E-state index is -3.67. The second-order valence-electron chi connectivity index (χ2n) is 8.53. The van der Waals surface area contributed by atoms with Gasteiger partial charge in [0.2, 0.25) is 15.9 Å². The molecule has 8 nitrogen and oxygen atoms in total. The van der Waals surface area contributed by atoms with Crippen LogP contribution in [0.15, 0.2) is 72.8 Å². The van der Waals surface area contributed by atoms with Crippen molar-refractivity contribution in [2.24, 2.45) is 0 Å². The molecule has 0 unspecified atom stereocenters. The fourth-order valence-electron chi connectivity index (χ4n) is 4.39. The lowest BCUT2D eigenvalue weighted by atomic mass is 10.0. The van der Waals surface area contributed by atoms with Crippen molar-refractivity contribution in [3.8, 4) is 0 Å². The fraction of sp³-hybridized carbons (Fsp3) is 0.160. The molecule has 3 aromatic carbocycles. The number of amides is 1. The van der Waals surface area contributed by atoms with E-state index in [9.17, 15) is 13.2 Å². The number of carbonyl (C=O) groups is 1. The van der Waals surface area contributed by atoms with Gasteiger partial charge in [-0.25, -0.2) is 18.4 Å². The number of hydrogen-bond donors (Lipinski definition) is 3. The van der Waals surface area contributed by atoms with Gasteiger partial charge in [-0.1, -0.05) is 59.9 Å². The largest absolute Gasteiger partial charge is 0.351 e. The van der Waals surface area contributed by atoms with Crippen LogP contribution in [0.1, 0.15) is 34.7 Å². The Morgan fingerprint density at radius 2 is 1.71 bits per heavy atom. The average molecular weight is 504 g/mol. The Kier molecular flexibility index (Phi) is 5.27. The van der Waals surface area contributed by atoms with Crippen molar-refractivity contribution in [3.05, 3.63) is 89.7 Å². The normalized spacial score (nSPS) is 18.1. The Morgan fingerprint density at radius 1 is 0.971 bits per heavy atom. The number of thiazole rings is 1. The van der Waals surface area contributed by atoms with Crippen molar-refractivity contribution in [1.29, 1.82) is 0 Å². The lowest BCUT2D eigenvalue weighted by molar-refractivity contribution is -0.118. The standard InChI is InChI=1S/C25H21N5O3S2/c31-23-14-22(35(32,33)30-23)16-11-9-15(10-12-16)13-20(24-26-17-5-1-2-6-18(17)27-24)29-25-28-19-7-3-4-8-21(19)34-25/h1-12,20,22H,13-14H2,(H,26,27)(H,28,29)(H,30,31)/t20-,22+/m0/s1. The molecule has 35 heavy (non-hydrogen) atoms. The van der Waals surface area contributed by atoms with Gasteiger partial charge in [0.1, 0.15) is 11.1 Å². The summed E-state index contributed by atoms with van der Waals surface area (Å²) in [5, 5.41) is 3.50. The molecule has 0 radical (unpaired) electrons. The number of nitrogens with one attached hydrogen (secondary N) is 3. The van der Waals surface area contributed by atoms with E-state index in [1.165, 1.54) is 0 Å². The number of benzene rings is 3. The van der Waals surface area contributed by atoms with Gasteiger partial charge in [-0.3, -0.25) is 9.52 Å². The number of para-hydroxylation sites is 3. The predicted octanol–water partition coefficient (Wildman–Crippen LogP) is 4.46. The van der Waals surface area contributed by atoms with E-state index in [0.717, 1.165) is 37.8 Å². The van der Waals surface area contributed by atoms with E-state index in [2.05, 4.69) is 15.0 Å². The highest BCUT2D eigenvalue weighted by Crippen LogP contribution is 2.32. The quantitative estimate of drug-likeness (QED) is 0.315. The van der Waals surface area contributed by atoms with E-state index >= 15 is 0 Å². The first-order valence-electron chi connectivity index (χ1n) is 11.1. The highest BCUT2D eigenvalue weighted by molar-refractivity contribution is 7.90. The summed E-state index contributed by atoms with van der Waals surface area (Å²) in [6.07, 6.45) is 0.549. The lowest BCUT2D eigenvalue weighted by Crippen LogP contribution is -2.21. The number of carbonyl (C=O) groups excluding carboxylic acids is 1. The third kappa shape index (κ3) is 4.26. The number of anilines is 1. The highest BCUT2D eigenvalue weighted by Gasteiger charge is 2.37. The molecule has 6 rings (SSSR count). The molecule has 1 aliphatic heterocycles. The topological polar surface area (TPSA) is 117 Å². The first-order valence-corrected chi connectivity index (χ1v) is 13.5. The summed E-state index contributed by atoms with van der Waals surface area (Å²) in [4.78, 5) is 24.6. The number of sulfonamides is 1. The molecule has 1 amide bonds. The molecule has 3 heterocycles. The molecule has 0 saturated carbocycles. The molecular formula is C25H21N5O3S2. The van der Waals surface area contributed by atoms with Crippen LogP contribution in [0.4, 0.5) is 5.13 Å². The number of H-pyrrole nitrogens is 1. The van der Waals surface area contributed by atoms with Crippen LogP contribution >= 0.6 is 11.3 Å². The molecule has 2 atom stereocenters. The summed E-state index contributed by atoms with van der Waals surface area (Å²) < 4.78 is 27.6. The van der Waals surface area contributed by atoms with Crippen LogP contribution in [0.3, 0.4) is 0 Å². The summed E-state index contributed by atoms with van der Waals surface area (Å²) >= 11 is 1.59. The maximum atomic E-state index is 12.2. The SMILES string of the molecule is O=C1C[C@H](c2ccc(C[C@H](Nc3nc4ccccc4s3)c3nc4ccccc4[nH]3)cc2)S(=O)(=O)N1. The molecular weight excluding hydrogens is 482 g/mol. The van der Waals surface area contributed by atoms with Crippen molar-refractivity contribution in [1.82, 2.24) is 19.7 Å². The van der Waals surface area contributed by atoms with E-state index in [1.807, 2.05) is 60.7 Å². The van der Waals surface area contributed by atoms with Crippen molar-refractivity contribution < 1.29 is 13.2 Å². The minimum absolute atomic E-state index is 0.0531. The molecule has 176 valence electrons. The molecule has 1 saturated heterocycles. The summed E-state index contributed by atoms with van der Waals surface area (Å²) in [7, 11) is -3.67. The van der Waals surface area contributed by atoms with Gasteiger partial charge in [0.05, 0.1) is 33.7 Å². The zero-order valence-electron chi connectivity index (χ0n) is 18.4. The molecule has 0 bridgehead atoms. The van der Waals surface area contributed by atoms with Crippen LogP contribution < -0.4 is 10.0 Å². The summed E-state index contributed by atoms with van der Waals surface area (Å²) in [6.45, 7) is 0. The minimum Gasteiger partial charge on any atom is -0.351 e. The number of nitrogens with zero attached hydrogens (tertiary/aromatic N) is 2. The van der Waals surface area contributed by atoms with Crippen molar-refractivity contribution in [3.63, 3.8) is 0 Å².